The first-order valence-electron chi connectivity index (χ1n) is 8.41. The van der Waals surface area contributed by atoms with Crippen molar-refractivity contribution in [3.05, 3.63) is 51.8 Å². The lowest BCUT2D eigenvalue weighted by atomic mass is 10.1. The molecule has 26 heavy (non-hydrogen) atoms. The molecule has 2 N–H and O–H groups in total. The van der Waals surface area contributed by atoms with E-state index < -0.39 is 0 Å². The van der Waals surface area contributed by atoms with Crippen LogP contribution in [0.4, 0.5) is 0 Å². The van der Waals surface area contributed by atoms with Gasteiger partial charge in [0.25, 0.3) is 5.56 Å². The summed E-state index contributed by atoms with van der Waals surface area (Å²) in [4.78, 5) is 16.1. The number of unbranched alkanes of at least 4 members (excludes halogenated alkanes) is 1. The van der Waals surface area contributed by atoms with Gasteiger partial charge in [-0.15, -0.1) is 0 Å². The van der Waals surface area contributed by atoms with Gasteiger partial charge < -0.3 is 5.32 Å². The van der Waals surface area contributed by atoms with Gasteiger partial charge in [-0.3, -0.25) is 15.1 Å². The largest absolute Gasteiger partial charge is 0.356 e. The summed E-state index contributed by atoms with van der Waals surface area (Å²) >= 11 is 5.90. The highest BCUT2D eigenvalue weighted by Crippen LogP contribution is 2.18. The molecule has 0 saturated carbocycles. The fourth-order valence-corrected chi connectivity index (χ4v) is 2.45. The van der Waals surface area contributed by atoms with E-state index in [9.17, 15) is 4.79 Å². The third-order valence-corrected chi connectivity index (χ3v) is 3.84. The second-order valence-electron chi connectivity index (χ2n) is 5.48. The number of aromatic nitrogens is 2. The zero-order valence-corrected chi connectivity index (χ0v) is 15.3. The number of hydrogen-bond acceptors (Lipinski definition) is 4. The molecule has 7 nitrogen and oxygen atoms in total. The highest BCUT2D eigenvalue weighted by molar-refractivity contribution is 6.30. The first-order valence-corrected chi connectivity index (χ1v) is 8.79. The Balaban J connectivity index is 1.90. The van der Waals surface area contributed by atoms with Crippen LogP contribution in [-0.2, 0) is 6.54 Å². The first-order chi connectivity index (χ1) is 12.6. The Kier molecular flexibility index (Phi) is 7.65. The molecule has 1 aromatic carbocycles. The minimum Gasteiger partial charge on any atom is -0.356 e. The fraction of sp³-hybridized carbons (Fsp3) is 0.333. The summed E-state index contributed by atoms with van der Waals surface area (Å²) in [5.41, 5.74) is 1.51. The van der Waals surface area contributed by atoms with Crippen molar-refractivity contribution >= 4 is 17.6 Å². The minimum absolute atomic E-state index is 0.130. The molecule has 0 saturated heterocycles. The maximum atomic E-state index is 12.0. The van der Waals surface area contributed by atoms with E-state index in [-0.39, 0.29) is 5.56 Å². The molecule has 8 heteroatoms. The Morgan fingerprint density at radius 2 is 2.04 bits per heavy atom. The lowest BCUT2D eigenvalue weighted by Crippen LogP contribution is -2.35. The highest BCUT2D eigenvalue weighted by Gasteiger charge is 2.04. The molecule has 0 atom stereocenters. The number of guanidine groups is 1. The van der Waals surface area contributed by atoms with Crippen LogP contribution in [0.15, 0.2) is 46.2 Å². The van der Waals surface area contributed by atoms with Crippen LogP contribution < -0.4 is 16.2 Å². The van der Waals surface area contributed by atoms with Crippen LogP contribution in [0, 0.1) is 11.5 Å². The van der Waals surface area contributed by atoms with E-state index in [1.165, 1.54) is 10.7 Å². The molecule has 1 heterocycles. The standard InChI is InChI=1S/C18H21ClN6O/c1-2-21-18(23-13-20)22-11-3-4-12-25-17(26)10-9-16(24-25)14-5-7-15(19)8-6-14/h5-10H,2-4,11-12H2,1H3,(H2,21,22,23). The van der Waals surface area contributed by atoms with Gasteiger partial charge in [0.2, 0.25) is 5.96 Å². The quantitative estimate of drug-likeness (QED) is 0.256. The number of nitriles is 1. The number of rotatable bonds is 7. The molecule has 2 aromatic rings. The highest BCUT2D eigenvalue weighted by atomic mass is 35.5. The summed E-state index contributed by atoms with van der Waals surface area (Å²) in [7, 11) is 0. The predicted molar refractivity (Wildman–Crippen MR) is 103 cm³/mol. The second kappa shape index (κ2) is 10.2. The molecule has 136 valence electrons. The number of aryl methyl sites for hydroxylation is 1. The molecule has 2 rings (SSSR count). The first kappa shape index (κ1) is 19.5. The van der Waals surface area contributed by atoms with Crippen LogP contribution >= 0.6 is 11.6 Å². The molecule has 0 spiro atoms. The van der Waals surface area contributed by atoms with Crippen molar-refractivity contribution in [3.8, 4) is 17.5 Å². The smallest absolute Gasteiger partial charge is 0.266 e. The Morgan fingerprint density at radius 1 is 1.27 bits per heavy atom. The predicted octanol–water partition coefficient (Wildman–Crippen LogP) is 2.38. The zero-order chi connectivity index (χ0) is 18.8. The van der Waals surface area contributed by atoms with E-state index in [1.54, 1.807) is 18.2 Å². The maximum absolute atomic E-state index is 12.0. The molecular formula is C18H21ClN6O. The average molecular weight is 373 g/mol. The van der Waals surface area contributed by atoms with Crippen LogP contribution in [0.1, 0.15) is 19.8 Å². The van der Waals surface area contributed by atoms with Gasteiger partial charge in [-0.2, -0.15) is 10.4 Å². The summed E-state index contributed by atoms with van der Waals surface area (Å²) in [6, 6.07) is 10.6. The van der Waals surface area contributed by atoms with Gasteiger partial charge in [-0.05, 0) is 38.0 Å². The molecule has 1 aromatic heterocycles. The molecule has 0 aliphatic rings. The van der Waals surface area contributed by atoms with Gasteiger partial charge >= 0.3 is 0 Å². The number of hydrogen-bond donors (Lipinski definition) is 2. The Bertz CT molecular complexity index is 838. The lowest BCUT2D eigenvalue weighted by Gasteiger charge is -2.09. The monoisotopic (exact) mass is 372 g/mol. The molecule has 0 aliphatic carbocycles. The lowest BCUT2D eigenvalue weighted by molar-refractivity contribution is 0.531. The van der Waals surface area contributed by atoms with E-state index in [1.807, 2.05) is 25.2 Å². The zero-order valence-electron chi connectivity index (χ0n) is 14.6. The number of halogens is 1. The number of nitrogens with zero attached hydrogens (tertiary/aromatic N) is 4. The Labute approximate surface area is 157 Å². The summed E-state index contributed by atoms with van der Waals surface area (Å²) in [5.74, 6) is 0.468. The van der Waals surface area contributed by atoms with E-state index in [0.717, 1.165) is 24.1 Å². The van der Waals surface area contributed by atoms with Crippen LogP contribution in [0.5, 0.6) is 0 Å². The Morgan fingerprint density at radius 3 is 2.73 bits per heavy atom. The number of benzene rings is 1. The van der Waals surface area contributed by atoms with Crippen molar-refractivity contribution in [1.82, 2.24) is 20.4 Å². The van der Waals surface area contributed by atoms with Crippen LogP contribution in [-0.4, -0.2) is 28.8 Å². The van der Waals surface area contributed by atoms with Crippen LogP contribution in [0.3, 0.4) is 0 Å². The summed E-state index contributed by atoms with van der Waals surface area (Å²) in [6.07, 6.45) is 3.43. The summed E-state index contributed by atoms with van der Waals surface area (Å²) in [6.45, 7) is 3.66. The third-order valence-electron chi connectivity index (χ3n) is 3.59. The third kappa shape index (κ3) is 5.90. The summed E-state index contributed by atoms with van der Waals surface area (Å²) in [5, 5.41) is 19.3. The van der Waals surface area contributed by atoms with Crippen molar-refractivity contribution < 1.29 is 0 Å². The normalized spacial score (nSPS) is 11.0. The van der Waals surface area contributed by atoms with Gasteiger partial charge in [0.05, 0.1) is 5.69 Å². The second-order valence-corrected chi connectivity index (χ2v) is 5.92. The Hall–Kier alpha value is -2.85. The molecular weight excluding hydrogens is 352 g/mol. The SMILES string of the molecule is CC/N=C(\NC#N)NCCCCn1nc(-c2ccc(Cl)cc2)ccc1=O. The van der Waals surface area contributed by atoms with E-state index in [4.69, 9.17) is 16.9 Å². The van der Waals surface area contributed by atoms with Crippen LogP contribution in [0.25, 0.3) is 11.3 Å². The van der Waals surface area contributed by atoms with Gasteiger partial charge in [-0.25, -0.2) is 4.68 Å². The number of nitrogens with one attached hydrogen (secondary N) is 2. The van der Waals surface area contributed by atoms with Gasteiger partial charge in [-0.1, -0.05) is 23.7 Å². The maximum Gasteiger partial charge on any atom is 0.266 e. The van der Waals surface area contributed by atoms with Crippen molar-refractivity contribution in [2.24, 2.45) is 4.99 Å². The van der Waals surface area contributed by atoms with Crippen molar-refractivity contribution in [1.29, 1.82) is 5.26 Å². The van der Waals surface area contributed by atoms with Gasteiger partial charge in [0, 0.05) is 36.3 Å². The molecule has 0 amide bonds. The van der Waals surface area contributed by atoms with E-state index in [0.29, 0.717) is 30.6 Å². The van der Waals surface area contributed by atoms with Crippen molar-refractivity contribution in [2.75, 3.05) is 13.1 Å². The topological polar surface area (TPSA) is 95.1 Å². The summed E-state index contributed by atoms with van der Waals surface area (Å²) < 4.78 is 1.47. The molecule has 0 radical (unpaired) electrons. The van der Waals surface area contributed by atoms with E-state index >= 15 is 0 Å². The fourth-order valence-electron chi connectivity index (χ4n) is 2.33. The van der Waals surface area contributed by atoms with Crippen LogP contribution in [0.2, 0.25) is 5.02 Å². The van der Waals surface area contributed by atoms with E-state index in [2.05, 4.69) is 20.7 Å². The average Bonchev–Trinajstić information content (AvgIpc) is 2.64. The minimum atomic E-state index is -0.130. The molecule has 0 unspecified atom stereocenters. The van der Waals surface area contributed by atoms with Gasteiger partial charge in [0.1, 0.15) is 0 Å². The van der Waals surface area contributed by atoms with Crippen molar-refractivity contribution in [3.63, 3.8) is 0 Å². The number of aliphatic imine (C=N–C) groups is 1. The molecule has 0 aliphatic heterocycles. The molecule has 0 fully saturated rings. The van der Waals surface area contributed by atoms with Gasteiger partial charge in [0.15, 0.2) is 6.19 Å². The van der Waals surface area contributed by atoms with Crippen molar-refractivity contribution in [2.45, 2.75) is 26.3 Å². The molecule has 0 bridgehead atoms.